The molecule has 1 N–H and O–H groups in total. The van der Waals surface area contributed by atoms with Gasteiger partial charge in [-0.1, -0.05) is 0 Å². The quantitative estimate of drug-likeness (QED) is 0.447. The van der Waals surface area contributed by atoms with Crippen LogP contribution in [0.15, 0.2) is 60.2 Å². The van der Waals surface area contributed by atoms with Gasteiger partial charge in [0.1, 0.15) is 11.4 Å². The summed E-state index contributed by atoms with van der Waals surface area (Å²) < 4.78 is 20.8. The number of ether oxygens (including phenoxy) is 1. The summed E-state index contributed by atoms with van der Waals surface area (Å²) in [5, 5.41) is 2.20. The number of halogens is 1. The summed E-state index contributed by atoms with van der Waals surface area (Å²) >= 11 is 0. The number of hydrogen-bond donors (Lipinski definition) is 1. The lowest BCUT2D eigenvalue weighted by Crippen LogP contribution is -2.54. The van der Waals surface area contributed by atoms with Crippen LogP contribution in [0.1, 0.15) is 17.0 Å². The highest BCUT2D eigenvalue weighted by molar-refractivity contribution is 6.39. The number of rotatable bonds is 4. The fourth-order valence-electron chi connectivity index (χ4n) is 4.60. The van der Waals surface area contributed by atoms with Gasteiger partial charge in [0.25, 0.3) is 11.8 Å². The number of benzene rings is 2. The lowest BCUT2D eigenvalue weighted by Gasteiger charge is -2.29. The third-order valence-corrected chi connectivity index (χ3v) is 6.44. The number of carbonyl (C=O) groups excluding carboxylic acids is 3. The van der Waals surface area contributed by atoms with Crippen LogP contribution in [0.2, 0.25) is 0 Å². The minimum absolute atomic E-state index is 0.170. The van der Waals surface area contributed by atoms with Crippen LogP contribution < -0.4 is 15.1 Å². The van der Waals surface area contributed by atoms with Gasteiger partial charge in [-0.2, -0.15) is 0 Å². The minimum Gasteiger partial charge on any atom is -0.378 e. The Hall–Kier alpha value is -4.24. The molecule has 1 aromatic heterocycles. The van der Waals surface area contributed by atoms with Gasteiger partial charge in [-0.25, -0.2) is 14.1 Å². The van der Waals surface area contributed by atoms with Gasteiger partial charge < -0.3 is 14.2 Å². The summed E-state index contributed by atoms with van der Waals surface area (Å²) in [7, 11) is 0. The smallest absolute Gasteiger partial charge is 0.335 e. The SMILES string of the molecule is Cc1cc(/C=C2\C(=O)NC(=O)N(c3ccc(F)cc3)C2=O)c(C)n1-c1ccc(N2CCOCC2)cc1. The molecule has 8 nitrogen and oxygen atoms in total. The molecule has 3 aromatic rings. The normalized spacial score (nSPS) is 17.6. The van der Waals surface area contributed by atoms with Gasteiger partial charge in [0.05, 0.1) is 18.9 Å². The second-order valence-electron chi connectivity index (χ2n) is 8.71. The zero-order chi connectivity index (χ0) is 25.4. The van der Waals surface area contributed by atoms with Crippen molar-refractivity contribution in [3.05, 3.63) is 82.9 Å². The standard InChI is InChI=1S/C27H25FN4O4/c1-17-15-19(18(2)31(17)22-9-7-21(8-10-22)30-11-13-36-14-12-30)16-24-25(33)29-27(35)32(26(24)34)23-5-3-20(28)4-6-23/h3-10,15-16H,11-14H2,1-2H3,(H,29,33,35)/b24-16+. The van der Waals surface area contributed by atoms with Crippen molar-refractivity contribution in [2.45, 2.75) is 13.8 Å². The molecular weight excluding hydrogens is 463 g/mol. The molecule has 5 rings (SSSR count). The molecule has 2 fully saturated rings. The Morgan fingerprint density at radius 2 is 1.50 bits per heavy atom. The highest BCUT2D eigenvalue weighted by atomic mass is 19.1. The number of nitrogens with zero attached hydrogens (tertiary/aromatic N) is 3. The first kappa shape index (κ1) is 23.5. The van der Waals surface area contributed by atoms with E-state index in [1.54, 1.807) is 0 Å². The van der Waals surface area contributed by atoms with Gasteiger partial charge in [-0.15, -0.1) is 0 Å². The fourth-order valence-corrected chi connectivity index (χ4v) is 4.60. The summed E-state index contributed by atoms with van der Waals surface area (Å²) in [4.78, 5) is 41.2. The number of carbonyl (C=O) groups is 3. The number of amides is 4. The van der Waals surface area contributed by atoms with Gasteiger partial charge >= 0.3 is 6.03 Å². The van der Waals surface area contributed by atoms with E-state index in [9.17, 15) is 18.8 Å². The maximum atomic E-state index is 13.3. The van der Waals surface area contributed by atoms with Crippen molar-refractivity contribution in [1.29, 1.82) is 0 Å². The largest absolute Gasteiger partial charge is 0.378 e. The molecule has 2 aliphatic heterocycles. The number of anilines is 2. The number of hydrogen-bond acceptors (Lipinski definition) is 5. The van der Waals surface area contributed by atoms with E-state index in [-0.39, 0.29) is 11.3 Å². The highest BCUT2D eigenvalue weighted by Gasteiger charge is 2.37. The predicted octanol–water partition coefficient (Wildman–Crippen LogP) is 3.74. The first-order chi connectivity index (χ1) is 17.3. The molecule has 0 bridgehead atoms. The van der Waals surface area contributed by atoms with Crippen LogP contribution in [-0.4, -0.2) is 48.7 Å². The number of morpholine rings is 1. The molecule has 2 aromatic carbocycles. The Labute approximate surface area is 207 Å². The van der Waals surface area contributed by atoms with Crippen molar-refractivity contribution in [3.8, 4) is 5.69 Å². The van der Waals surface area contributed by atoms with E-state index < -0.39 is 23.7 Å². The molecule has 0 saturated carbocycles. The molecule has 36 heavy (non-hydrogen) atoms. The van der Waals surface area contributed by atoms with Crippen molar-refractivity contribution in [3.63, 3.8) is 0 Å². The Morgan fingerprint density at radius 1 is 0.889 bits per heavy atom. The number of urea groups is 1. The zero-order valence-corrected chi connectivity index (χ0v) is 20.0. The second-order valence-corrected chi connectivity index (χ2v) is 8.71. The lowest BCUT2D eigenvalue weighted by molar-refractivity contribution is -0.122. The average molecular weight is 489 g/mol. The van der Waals surface area contributed by atoms with E-state index in [0.717, 1.165) is 52.9 Å². The Balaban J connectivity index is 1.46. The molecule has 0 atom stereocenters. The van der Waals surface area contributed by atoms with Gasteiger partial charge in [0.2, 0.25) is 0 Å². The van der Waals surface area contributed by atoms with Crippen LogP contribution >= 0.6 is 0 Å². The number of nitrogens with one attached hydrogen (secondary N) is 1. The van der Waals surface area contributed by atoms with Crippen LogP contribution in [0.4, 0.5) is 20.6 Å². The van der Waals surface area contributed by atoms with Gasteiger partial charge in [0.15, 0.2) is 0 Å². The van der Waals surface area contributed by atoms with E-state index in [0.29, 0.717) is 18.8 Å². The van der Waals surface area contributed by atoms with Gasteiger partial charge in [0, 0.05) is 35.9 Å². The number of aryl methyl sites for hydroxylation is 1. The summed E-state index contributed by atoms with van der Waals surface area (Å²) in [6.45, 7) is 6.99. The van der Waals surface area contributed by atoms with E-state index in [4.69, 9.17) is 4.74 Å². The molecule has 9 heteroatoms. The molecule has 0 radical (unpaired) electrons. The molecule has 3 heterocycles. The van der Waals surface area contributed by atoms with Crippen LogP contribution in [0.5, 0.6) is 0 Å². The second kappa shape index (κ2) is 9.43. The molecule has 2 aliphatic rings. The first-order valence-electron chi connectivity index (χ1n) is 11.6. The number of imide groups is 2. The monoisotopic (exact) mass is 488 g/mol. The molecule has 0 unspecified atom stereocenters. The summed E-state index contributed by atoms with van der Waals surface area (Å²) in [6, 6.07) is 14.1. The maximum absolute atomic E-state index is 13.3. The Kier molecular flexibility index (Phi) is 6.15. The van der Waals surface area contributed by atoms with Crippen molar-refractivity contribution in [2.24, 2.45) is 0 Å². The third-order valence-electron chi connectivity index (χ3n) is 6.44. The molecule has 4 amide bonds. The summed E-state index contributed by atoms with van der Waals surface area (Å²) in [5.41, 5.74) is 4.51. The molecule has 0 spiro atoms. The molecule has 0 aliphatic carbocycles. The van der Waals surface area contributed by atoms with E-state index in [2.05, 4.69) is 22.3 Å². The molecule has 184 valence electrons. The van der Waals surface area contributed by atoms with E-state index in [1.807, 2.05) is 36.6 Å². The van der Waals surface area contributed by atoms with Crippen LogP contribution in [0.25, 0.3) is 11.8 Å². The Bertz CT molecular complexity index is 1370. The summed E-state index contributed by atoms with van der Waals surface area (Å²) in [6.07, 6.45) is 1.49. The highest BCUT2D eigenvalue weighted by Crippen LogP contribution is 2.27. The summed E-state index contributed by atoms with van der Waals surface area (Å²) in [5.74, 6) is -2.04. The van der Waals surface area contributed by atoms with Gasteiger partial charge in [-0.05, 0) is 80.1 Å². The Morgan fingerprint density at radius 3 is 2.17 bits per heavy atom. The zero-order valence-electron chi connectivity index (χ0n) is 20.0. The van der Waals surface area contributed by atoms with E-state index in [1.165, 1.54) is 18.2 Å². The number of aromatic nitrogens is 1. The number of barbiturate groups is 1. The average Bonchev–Trinajstić information content (AvgIpc) is 3.16. The fraction of sp³-hybridized carbons (Fsp3) is 0.222. The van der Waals surface area contributed by atoms with Crippen LogP contribution in [0, 0.1) is 19.7 Å². The van der Waals surface area contributed by atoms with Crippen molar-refractivity contribution < 1.29 is 23.5 Å². The first-order valence-corrected chi connectivity index (χ1v) is 11.6. The van der Waals surface area contributed by atoms with E-state index >= 15 is 0 Å². The van der Waals surface area contributed by atoms with Crippen molar-refractivity contribution in [2.75, 3.05) is 36.1 Å². The van der Waals surface area contributed by atoms with Crippen LogP contribution in [0.3, 0.4) is 0 Å². The third kappa shape index (κ3) is 4.29. The lowest BCUT2D eigenvalue weighted by atomic mass is 10.1. The maximum Gasteiger partial charge on any atom is 0.335 e. The van der Waals surface area contributed by atoms with Crippen molar-refractivity contribution >= 4 is 35.3 Å². The minimum atomic E-state index is -0.875. The van der Waals surface area contributed by atoms with Crippen molar-refractivity contribution in [1.82, 2.24) is 9.88 Å². The topological polar surface area (TPSA) is 83.9 Å². The molecular formula is C27H25FN4O4. The predicted molar refractivity (Wildman–Crippen MR) is 134 cm³/mol. The van der Waals surface area contributed by atoms with Crippen LogP contribution in [-0.2, 0) is 14.3 Å². The molecule has 2 saturated heterocycles. The van der Waals surface area contributed by atoms with Gasteiger partial charge in [-0.3, -0.25) is 14.9 Å².